The van der Waals surface area contributed by atoms with E-state index in [-0.39, 0.29) is 25.0 Å². The molecule has 150 valence electrons. The lowest BCUT2D eigenvalue weighted by atomic mass is 10.2. The first-order valence-corrected chi connectivity index (χ1v) is 10.3. The zero-order valence-electron chi connectivity index (χ0n) is 16.4. The number of aryl methyl sites for hydroxylation is 3. The smallest absolute Gasteiger partial charge is 0.260 e. The van der Waals surface area contributed by atoms with Crippen LogP contribution in [0, 0.1) is 6.92 Å². The third-order valence-corrected chi connectivity index (χ3v) is 6.14. The van der Waals surface area contributed by atoms with Crippen LogP contribution in [0.1, 0.15) is 22.4 Å². The fourth-order valence-corrected chi connectivity index (χ4v) is 4.61. The Kier molecular flexibility index (Phi) is 5.44. The summed E-state index contributed by atoms with van der Waals surface area (Å²) in [7, 11) is 1.58. The van der Waals surface area contributed by atoms with Crippen LogP contribution in [0.2, 0.25) is 0 Å². The summed E-state index contributed by atoms with van der Waals surface area (Å²) in [5, 5.41) is 3.71. The zero-order valence-corrected chi connectivity index (χ0v) is 17.2. The fourth-order valence-electron chi connectivity index (χ4n) is 3.39. The molecule has 0 radical (unpaired) electrons. The minimum absolute atomic E-state index is 0.0525. The number of nitrogens with one attached hydrogen (secondary N) is 1. The van der Waals surface area contributed by atoms with Crippen molar-refractivity contribution in [3.05, 3.63) is 46.6 Å². The van der Waals surface area contributed by atoms with Crippen LogP contribution in [0.25, 0.3) is 10.2 Å². The molecule has 2 heterocycles. The Hall–Kier alpha value is -3.00. The minimum atomic E-state index is -0.289. The van der Waals surface area contributed by atoms with Crippen molar-refractivity contribution in [3.63, 3.8) is 0 Å². The van der Waals surface area contributed by atoms with Crippen molar-refractivity contribution in [2.75, 3.05) is 25.5 Å². The maximum atomic E-state index is 12.4. The van der Waals surface area contributed by atoms with Crippen molar-refractivity contribution >= 4 is 39.1 Å². The molecule has 1 aliphatic rings. The molecular weight excluding hydrogens is 388 g/mol. The molecule has 1 aromatic carbocycles. The van der Waals surface area contributed by atoms with Crippen molar-refractivity contribution in [1.82, 2.24) is 14.9 Å². The zero-order chi connectivity index (χ0) is 20.4. The molecule has 2 amide bonds. The Bertz CT molecular complexity index is 1060. The Labute approximate surface area is 172 Å². The number of rotatable bonds is 6. The molecule has 3 aromatic rings. The second-order valence-electron chi connectivity index (χ2n) is 7.17. The molecule has 7 nitrogen and oxygen atoms in total. The first-order chi connectivity index (χ1) is 14.0. The highest BCUT2D eigenvalue weighted by Crippen LogP contribution is 2.39. The Balaban J connectivity index is 1.35. The van der Waals surface area contributed by atoms with Crippen molar-refractivity contribution < 1.29 is 14.3 Å². The van der Waals surface area contributed by atoms with Crippen LogP contribution < -0.4 is 10.1 Å². The van der Waals surface area contributed by atoms with E-state index in [9.17, 15) is 9.59 Å². The van der Waals surface area contributed by atoms with Gasteiger partial charge in [-0.25, -0.2) is 9.97 Å². The van der Waals surface area contributed by atoms with Gasteiger partial charge in [0.25, 0.3) is 5.91 Å². The van der Waals surface area contributed by atoms with E-state index in [1.165, 1.54) is 21.7 Å². The molecule has 0 saturated carbocycles. The average molecular weight is 410 g/mol. The maximum Gasteiger partial charge on any atom is 0.260 e. The molecule has 4 rings (SSSR count). The van der Waals surface area contributed by atoms with Gasteiger partial charge < -0.3 is 15.0 Å². The number of benzene rings is 1. The molecule has 8 heteroatoms. The molecule has 0 spiro atoms. The number of carbonyl (C=O) groups excluding carboxylic acids is 2. The van der Waals surface area contributed by atoms with E-state index >= 15 is 0 Å². The van der Waals surface area contributed by atoms with Crippen LogP contribution in [-0.4, -0.2) is 46.9 Å². The monoisotopic (exact) mass is 410 g/mol. The van der Waals surface area contributed by atoms with Crippen molar-refractivity contribution in [2.24, 2.45) is 0 Å². The number of hydrogen-bond donors (Lipinski definition) is 1. The van der Waals surface area contributed by atoms with E-state index in [0.29, 0.717) is 11.6 Å². The maximum absolute atomic E-state index is 12.4. The number of likely N-dealkylation sites (N-methyl/N-ethyl adjacent to an activating group) is 1. The summed E-state index contributed by atoms with van der Waals surface area (Å²) in [6, 6.07) is 7.50. The molecule has 0 fully saturated rings. The summed E-state index contributed by atoms with van der Waals surface area (Å²) >= 11 is 1.67. The highest BCUT2D eigenvalue weighted by atomic mass is 32.1. The van der Waals surface area contributed by atoms with Gasteiger partial charge in [0.05, 0.1) is 11.9 Å². The van der Waals surface area contributed by atoms with Gasteiger partial charge in [-0.05, 0) is 43.9 Å². The lowest BCUT2D eigenvalue weighted by molar-refractivity contribution is -0.135. The van der Waals surface area contributed by atoms with Gasteiger partial charge >= 0.3 is 0 Å². The molecule has 0 aliphatic heterocycles. The first-order valence-electron chi connectivity index (χ1n) is 9.50. The van der Waals surface area contributed by atoms with E-state index in [0.717, 1.165) is 35.0 Å². The summed E-state index contributed by atoms with van der Waals surface area (Å²) in [5.41, 5.74) is 3.06. The number of fused-ring (bicyclic) bond motifs is 3. The van der Waals surface area contributed by atoms with Gasteiger partial charge in [-0.3, -0.25) is 9.59 Å². The van der Waals surface area contributed by atoms with Crippen molar-refractivity contribution in [1.29, 1.82) is 0 Å². The van der Waals surface area contributed by atoms with Gasteiger partial charge in [0.1, 0.15) is 11.2 Å². The lowest BCUT2D eigenvalue weighted by Gasteiger charge is -2.17. The molecule has 0 unspecified atom stereocenters. The van der Waals surface area contributed by atoms with Gasteiger partial charge in [0.15, 0.2) is 6.61 Å². The predicted octanol–water partition coefficient (Wildman–Crippen LogP) is 2.96. The van der Waals surface area contributed by atoms with Gasteiger partial charge in [-0.15, -0.1) is 11.3 Å². The van der Waals surface area contributed by atoms with E-state index in [2.05, 4.69) is 15.3 Å². The summed E-state index contributed by atoms with van der Waals surface area (Å²) in [6.07, 6.45) is 4.65. The topological polar surface area (TPSA) is 84.4 Å². The van der Waals surface area contributed by atoms with Crippen LogP contribution in [0.5, 0.6) is 5.88 Å². The van der Waals surface area contributed by atoms with Gasteiger partial charge in [-0.1, -0.05) is 17.7 Å². The lowest BCUT2D eigenvalue weighted by Crippen LogP contribution is -2.37. The van der Waals surface area contributed by atoms with Crippen molar-refractivity contribution in [2.45, 2.75) is 26.2 Å². The predicted molar refractivity (Wildman–Crippen MR) is 112 cm³/mol. The van der Waals surface area contributed by atoms with Crippen LogP contribution in [0.15, 0.2) is 30.6 Å². The number of thiophene rings is 1. The molecule has 2 aromatic heterocycles. The molecule has 0 atom stereocenters. The normalized spacial score (nSPS) is 12.6. The Morgan fingerprint density at radius 3 is 2.79 bits per heavy atom. The average Bonchev–Trinajstić information content (AvgIpc) is 3.29. The molecule has 0 bridgehead atoms. The molecule has 1 aliphatic carbocycles. The van der Waals surface area contributed by atoms with Crippen LogP contribution in [0.3, 0.4) is 0 Å². The summed E-state index contributed by atoms with van der Waals surface area (Å²) in [6.45, 7) is 1.75. The largest absolute Gasteiger partial charge is 0.467 e. The van der Waals surface area contributed by atoms with E-state index in [4.69, 9.17) is 4.74 Å². The second-order valence-corrected chi connectivity index (χ2v) is 8.25. The first kappa shape index (κ1) is 19.3. The molecule has 1 N–H and O–H groups in total. The Morgan fingerprint density at radius 1 is 1.21 bits per heavy atom. The number of amides is 2. The summed E-state index contributed by atoms with van der Waals surface area (Å²) in [4.78, 5) is 36.8. The standard InChI is InChI=1S/C21H22N4O3S/c1-13-6-8-14(9-7-13)24-17(26)10-25(2)18(27)11-28-20-19-15-4-3-5-16(15)29-21(19)23-12-22-20/h6-9,12H,3-5,10-11H2,1-2H3,(H,24,26). The number of ether oxygens (including phenoxy) is 1. The minimum Gasteiger partial charge on any atom is -0.467 e. The second kappa shape index (κ2) is 8.16. The van der Waals surface area contributed by atoms with Crippen molar-refractivity contribution in [3.8, 4) is 5.88 Å². The number of aromatic nitrogens is 2. The van der Waals surface area contributed by atoms with Crippen LogP contribution in [0.4, 0.5) is 5.69 Å². The highest BCUT2D eigenvalue weighted by molar-refractivity contribution is 7.18. The summed E-state index contributed by atoms with van der Waals surface area (Å²) in [5.74, 6) is -0.104. The fraction of sp³-hybridized carbons (Fsp3) is 0.333. The number of nitrogens with zero attached hydrogens (tertiary/aromatic N) is 3. The molecule has 0 saturated heterocycles. The highest BCUT2D eigenvalue weighted by Gasteiger charge is 2.22. The number of anilines is 1. The van der Waals surface area contributed by atoms with Gasteiger partial charge in [-0.2, -0.15) is 0 Å². The van der Waals surface area contributed by atoms with E-state index in [1.54, 1.807) is 18.4 Å². The number of carbonyl (C=O) groups is 2. The third-order valence-electron chi connectivity index (χ3n) is 4.94. The van der Waals surface area contributed by atoms with E-state index < -0.39 is 0 Å². The van der Waals surface area contributed by atoms with Gasteiger partial charge in [0.2, 0.25) is 11.8 Å². The number of hydrogen-bond acceptors (Lipinski definition) is 6. The van der Waals surface area contributed by atoms with Crippen LogP contribution >= 0.6 is 11.3 Å². The third kappa shape index (κ3) is 4.22. The van der Waals surface area contributed by atoms with Crippen LogP contribution in [-0.2, 0) is 22.4 Å². The van der Waals surface area contributed by atoms with Gasteiger partial charge in [0, 0.05) is 17.6 Å². The quantitative estimate of drug-likeness (QED) is 0.675. The molecular formula is C21H22N4O3S. The SMILES string of the molecule is Cc1ccc(NC(=O)CN(C)C(=O)COc2ncnc3sc4c(c23)CCC4)cc1. The van der Waals surface area contributed by atoms with E-state index in [1.807, 2.05) is 31.2 Å². The molecule has 29 heavy (non-hydrogen) atoms. The Morgan fingerprint density at radius 2 is 2.00 bits per heavy atom. The summed E-state index contributed by atoms with van der Waals surface area (Å²) < 4.78 is 5.73.